The molecule has 1 aliphatic heterocycles. The molecule has 1 saturated carbocycles. The molecule has 0 bridgehead atoms. The number of piperazine rings is 1. The molecule has 2 fully saturated rings. The highest BCUT2D eigenvalue weighted by molar-refractivity contribution is 5.54. The van der Waals surface area contributed by atoms with Crippen molar-refractivity contribution in [3.05, 3.63) is 58.8 Å². The second-order valence-corrected chi connectivity index (χ2v) is 8.89. The summed E-state index contributed by atoms with van der Waals surface area (Å²) in [7, 11) is 0. The number of aryl methyl sites for hydroxylation is 1. The number of nitrogens with zero attached hydrogens (tertiary/aromatic N) is 5. The van der Waals surface area contributed by atoms with Gasteiger partial charge in [0.15, 0.2) is 5.65 Å². The Balaban J connectivity index is 1.35. The molecule has 9 heteroatoms. The molecule has 5 rings (SSSR count). The van der Waals surface area contributed by atoms with Crippen LogP contribution in [0.3, 0.4) is 0 Å². The molecule has 3 heterocycles. The van der Waals surface area contributed by atoms with E-state index in [0.29, 0.717) is 50.0 Å². The predicted molar refractivity (Wildman–Crippen MR) is 113 cm³/mol. The van der Waals surface area contributed by atoms with E-state index in [2.05, 4.69) is 10.2 Å². The van der Waals surface area contributed by atoms with Crippen LogP contribution in [0.25, 0.3) is 5.65 Å². The van der Waals surface area contributed by atoms with Crippen LogP contribution in [0.4, 0.5) is 23.2 Å². The Morgan fingerprint density at radius 2 is 1.78 bits per heavy atom. The summed E-state index contributed by atoms with van der Waals surface area (Å²) in [6.45, 7) is 4.22. The number of alkyl halides is 3. The van der Waals surface area contributed by atoms with Crippen molar-refractivity contribution in [2.45, 2.75) is 38.9 Å². The van der Waals surface area contributed by atoms with E-state index >= 15 is 0 Å². The van der Waals surface area contributed by atoms with E-state index in [1.165, 1.54) is 10.5 Å². The SMILES string of the molecule is Cc1ccc(N2CCN(Cc3ccn4c(CC5CC5)nnc4c3C(F)(F)F)CC2)c(F)c1. The number of fused-ring (bicyclic) bond motifs is 1. The van der Waals surface area contributed by atoms with Gasteiger partial charge in [0.2, 0.25) is 0 Å². The summed E-state index contributed by atoms with van der Waals surface area (Å²) in [6.07, 6.45) is -0.00531. The van der Waals surface area contributed by atoms with Crippen LogP contribution in [-0.4, -0.2) is 45.7 Å². The monoisotopic (exact) mass is 447 g/mol. The van der Waals surface area contributed by atoms with Gasteiger partial charge in [0.1, 0.15) is 17.2 Å². The lowest BCUT2D eigenvalue weighted by atomic mass is 10.1. The number of aromatic nitrogens is 3. The van der Waals surface area contributed by atoms with Crippen LogP contribution in [0.5, 0.6) is 0 Å². The van der Waals surface area contributed by atoms with E-state index in [0.717, 1.165) is 18.4 Å². The van der Waals surface area contributed by atoms with Gasteiger partial charge in [0, 0.05) is 45.3 Å². The second kappa shape index (κ2) is 8.03. The molecule has 0 atom stereocenters. The van der Waals surface area contributed by atoms with Crippen molar-refractivity contribution < 1.29 is 17.6 Å². The van der Waals surface area contributed by atoms with Gasteiger partial charge in [-0.2, -0.15) is 13.2 Å². The number of hydrogen-bond acceptors (Lipinski definition) is 4. The van der Waals surface area contributed by atoms with E-state index in [1.807, 2.05) is 22.8 Å². The van der Waals surface area contributed by atoms with Gasteiger partial charge >= 0.3 is 6.18 Å². The van der Waals surface area contributed by atoms with Crippen molar-refractivity contribution in [2.24, 2.45) is 5.92 Å². The summed E-state index contributed by atoms with van der Waals surface area (Å²) in [6, 6.07) is 6.68. The Bertz CT molecular complexity index is 1130. The summed E-state index contributed by atoms with van der Waals surface area (Å²) < 4.78 is 57.9. The van der Waals surface area contributed by atoms with Crippen LogP contribution >= 0.6 is 0 Å². The van der Waals surface area contributed by atoms with E-state index in [1.54, 1.807) is 18.3 Å². The number of anilines is 1. The first kappa shape index (κ1) is 21.2. The minimum absolute atomic E-state index is 0.119. The van der Waals surface area contributed by atoms with Gasteiger partial charge in [0.05, 0.1) is 5.69 Å². The van der Waals surface area contributed by atoms with Crippen molar-refractivity contribution in [1.82, 2.24) is 19.5 Å². The molecule has 0 radical (unpaired) electrons. The van der Waals surface area contributed by atoms with Crippen molar-refractivity contribution in [2.75, 3.05) is 31.1 Å². The number of benzene rings is 1. The lowest BCUT2D eigenvalue weighted by molar-refractivity contribution is -0.137. The van der Waals surface area contributed by atoms with E-state index < -0.39 is 11.7 Å². The highest BCUT2D eigenvalue weighted by Crippen LogP contribution is 2.37. The van der Waals surface area contributed by atoms with Crippen molar-refractivity contribution in [3.8, 4) is 0 Å². The van der Waals surface area contributed by atoms with Gasteiger partial charge in [0.25, 0.3) is 0 Å². The first-order valence-electron chi connectivity index (χ1n) is 11.0. The molecule has 1 saturated heterocycles. The maximum absolute atomic E-state index is 14.3. The van der Waals surface area contributed by atoms with Gasteiger partial charge < -0.3 is 4.90 Å². The normalized spacial score (nSPS) is 18.0. The van der Waals surface area contributed by atoms with Gasteiger partial charge in [-0.3, -0.25) is 9.30 Å². The van der Waals surface area contributed by atoms with Crippen molar-refractivity contribution in [1.29, 1.82) is 0 Å². The summed E-state index contributed by atoms with van der Waals surface area (Å²) >= 11 is 0. The molecule has 170 valence electrons. The van der Waals surface area contributed by atoms with E-state index in [4.69, 9.17) is 0 Å². The lowest BCUT2D eigenvalue weighted by Crippen LogP contribution is -2.46. The molecule has 1 aromatic carbocycles. The fourth-order valence-electron chi connectivity index (χ4n) is 4.46. The second-order valence-electron chi connectivity index (χ2n) is 8.89. The molecule has 1 aliphatic carbocycles. The number of halogens is 4. The molecule has 0 N–H and O–H groups in total. The van der Waals surface area contributed by atoms with Gasteiger partial charge in [-0.15, -0.1) is 10.2 Å². The standard InChI is InChI=1S/C23H25F4N5/c1-15-2-5-19(18(24)12-15)31-10-8-30(9-11-31)14-17-6-7-32-20(13-16-3-4-16)28-29-22(32)21(17)23(25,26)27/h2,5-7,12,16H,3-4,8-11,13-14H2,1H3. The van der Waals surface area contributed by atoms with Gasteiger partial charge in [-0.05, 0) is 55.0 Å². The Kier molecular flexibility index (Phi) is 5.31. The minimum Gasteiger partial charge on any atom is -0.367 e. The molecular formula is C23H25F4N5. The highest BCUT2D eigenvalue weighted by Gasteiger charge is 2.38. The van der Waals surface area contributed by atoms with E-state index in [9.17, 15) is 17.6 Å². The zero-order valence-electron chi connectivity index (χ0n) is 17.9. The molecule has 2 aromatic heterocycles. The first-order valence-corrected chi connectivity index (χ1v) is 11.0. The smallest absolute Gasteiger partial charge is 0.367 e. The third kappa shape index (κ3) is 4.18. The molecule has 5 nitrogen and oxygen atoms in total. The molecular weight excluding hydrogens is 422 g/mol. The highest BCUT2D eigenvalue weighted by atomic mass is 19.4. The Morgan fingerprint density at radius 3 is 2.44 bits per heavy atom. The third-order valence-electron chi connectivity index (χ3n) is 6.40. The zero-order chi connectivity index (χ0) is 22.5. The predicted octanol–water partition coefficient (Wildman–Crippen LogP) is 4.47. The van der Waals surface area contributed by atoms with Gasteiger partial charge in [-0.1, -0.05) is 6.07 Å². The third-order valence-corrected chi connectivity index (χ3v) is 6.40. The van der Waals surface area contributed by atoms with Crippen LogP contribution in [0.1, 0.15) is 35.4 Å². The summed E-state index contributed by atoms with van der Waals surface area (Å²) in [5, 5.41) is 7.97. The average Bonchev–Trinajstić information content (AvgIpc) is 3.46. The largest absolute Gasteiger partial charge is 0.420 e. The lowest BCUT2D eigenvalue weighted by Gasteiger charge is -2.36. The topological polar surface area (TPSA) is 36.7 Å². The number of hydrogen-bond donors (Lipinski definition) is 0. The summed E-state index contributed by atoms with van der Waals surface area (Å²) in [5.74, 6) is 0.830. The summed E-state index contributed by atoms with van der Waals surface area (Å²) in [4.78, 5) is 3.92. The first-order chi connectivity index (χ1) is 15.3. The van der Waals surface area contributed by atoms with E-state index in [-0.39, 0.29) is 23.6 Å². The van der Waals surface area contributed by atoms with Crippen LogP contribution in [-0.2, 0) is 19.1 Å². The molecule has 32 heavy (non-hydrogen) atoms. The van der Waals surface area contributed by atoms with Crippen LogP contribution in [0, 0.1) is 18.7 Å². The van der Waals surface area contributed by atoms with Crippen LogP contribution in [0.15, 0.2) is 30.5 Å². The Labute approximate surface area is 183 Å². The van der Waals surface area contributed by atoms with Crippen molar-refractivity contribution in [3.63, 3.8) is 0 Å². The Morgan fingerprint density at radius 1 is 1.03 bits per heavy atom. The average molecular weight is 447 g/mol. The van der Waals surface area contributed by atoms with Crippen LogP contribution < -0.4 is 4.90 Å². The molecule has 0 spiro atoms. The molecule has 3 aromatic rings. The number of rotatable bonds is 5. The number of pyridine rings is 1. The molecule has 0 unspecified atom stereocenters. The maximum Gasteiger partial charge on any atom is 0.420 e. The maximum atomic E-state index is 14.3. The van der Waals surface area contributed by atoms with Crippen LogP contribution in [0.2, 0.25) is 0 Å². The fraction of sp³-hybridized carbons (Fsp3) is 0.478. The Hall–Kier alpha value is -2.68. The quantitative estimate of drug-likeness (QED) is 0.541. The molecule has 2 aliphatic rings. The molecule has 0 amide bonds. The summed E-state index contributed by atoms with van der Waals surface area (Å²) in [5.41, 5.74) is 0.769. The zero-order valence-corrected chi connectivity index (χ0v) is 17.9. The fourth-order valence-corrected chi connectivity index (χ4v) is 4.46. The minimum atomic E-state index is -4.52. The van der Waals surface area contributed by atoms with Gasteiger partial charge in [-0.25, -0.2) is 4.39 Å². The van der Waals surface area contributed by atoms with Crippen molar-refractivity contribution >= 4 is 11.3 Å².